The van der Waals surface area contributed by atoms with Crippen molar-refractivity contribution in [2.45, 2.75) is 18.6 Å². The number of anilines is 1. The predicted molar refractivity (Wildman–Crippen MR) is 94.6 cm³/mol. The molecule has 1 aliphatic rings. The Balaban J connectivity index is 1.53. The Hall–Kier alpha value is -3.12. The van der Waals surface area contributed by atoms with Crippen LogP contribution in [0.25, 0.3) is 5.69 Å². The number of carbonyl (C=O) groups excluding carboxylic acids is 1. The largest absolute Gasteiger partial charge is 0.390 e. The van der Waals surface area contributed by atoms with Crippen LogP contribution in [0.15, 0.2) is 67.0 Å². The molecule has 0 fully saturated rings. The molecule has 0 saturated carbocycles. The number of benzene rings is 2. The molecule has 0 unspecified atom stereocenters. The number of nitrogens with zero attached hydrogens (tertiary/aromatic N) is 2. The number of nitrogens with one attached hydrogen (secondary N) is 2. The Morgan fingerprint density at radius 1 is 1.12 bits per heavy atom. The number of fused-ring (bicyclic) bond motifs is 1. The zero-order chi connectivity index (χ0) is 17.2. The number of carbonyl (C=O) groups is 1. The van der Waals surface area contributed by atoms with Gasteiger partial charge in [0.1, 0.15) is 0 Å². The van der Waals surface area contributed by atoms with Gasteiger partial charge < -0.3 is 15.7 Å². The fourth-order valence-corrected chi connectivity index (χ4v) is 3.24. The molecule has 0 saturated heterocycles. The first kappa shape index (κ1) is 15.4. The summed E-state index contributed by atoms with van der Waals surface area (Å²) in [6.45, 7) is 0. The predicted octanol–water partition coefficient (Wildman–Crippen LogP) is 2.65. The minimum Gasteiger partial charge on any atom is -0.390 e. The minimum atomic E-state index is -0.621. The van der Waals surface area contributed by atoms with Crippen molar-refractivity contribution in [2.75, 3.05) is 5.32 Å². The van der Waals surface area contributed by atoms with Gasteiger partial charge in [0, 0.05) is 18.8 Å². The van der Waals surface area contributed by atoms with Crippen LogP contribution in [0.1, 0.15) is 17.2 Å². The van der Waals surface area contributed by atoms with Crippen molar-refractivity contribution in [2.24, 2.45) is 0 Å². The fourth-order valence-electron chi connectivity index (χ4n) is 3.24. The van der Waals surface area contributed by atoms with Crippen LogP contribution in [0, 0.1) is 0 Å². The number of hydrogen-bond acceptors (Lipinski definition) is 3. The lowest BCUT2D eigenvalue weighted by Crippen LogP contribution is -2.37. The molecule has 2 atom stereocenters. The second-order valence-corrected chi connectivity index (χ2v) is 6.01. The summed E-state index contributed by atoms with van der Waals surface area (Å²) in [6.07, 6.45) is 3.42. The van der Waals surface area contributed by atoms with E-state index in [0.29, 0.717) is 12.1 Å². The zero-order valence-corrected chi connectivity index (χ0v) is 13.5. The lowest BCUT2D eigenvalue weighted by molar-refractivity contribution is 0.144. The van der Waals surface area contributed by atoms with E-state index in [9.17, 15) is 9.90 Å². The Kier molecular flexibility index (Phi) is 3.95. The standard InChI is InChI=1S/C19H18N4O2/c24-17-12-13-6-1-2-7-14(13)18(17)22-19(25)21-15-8-3-4-9-16(15)23-11-5-10-20-23/h1-11,17-18,24H,12H2,(H2,21,22,25)/t17-,18+/m1/s1. The van der Waals surface area contributed by atoms with Gasteiger partial charge in [-0.3, -0.25) is 0 Å². The van der Waals surface area contributed by atoms with Gasteiger partial charge in [0.2, 0.25) is 0 Å². The number of rotatable bonds is 3. The van der Waals surface area contributed by atoms with Gasteiger partial charge in [-0.25, -0.2) is 9.48 Å². The molecular weight excluding hydrogens is 316 g/mol. The molecule has 126 valence electrons. The third kappa shape index (κ3) is 2.99. The van der Waals surface area contributed by atoms with E-state index < -0.39 is 12.1 Å². The van der Waals surface area contributed by atoms with E-state index in [4.69, 9.17) is 0 Å². The van der Waals surface area contributed by atoms with Crippen LogP contribution < -0.4 is 10.6 Å². The van der Waals surface area contributed by atoms with E-state index in [2.05, 4.69) is 15.7 Å². The number of aliphatic hydroxyl groups excluding tert-OH is 1. The Bertz CT molecular complexity index is 892. The van der Waals surface area contributed by atoms with Gasteiger partial charge in [0.05, 0.1) is 23.5 Å². The summed E-state index contributed by atoms with van der Waals surface area (Å²) in [4.78, 5) is 12.5. The third-order valence-corrected chi connectivity index (χ3v) is 4.39. The van der Waals surface area contributed by atoms with Gasteiger partial charge in [-0.15, -0.1) is 0 Å². The van der Waals surface area contributed by atoms with Crippen LogP contribution in [0.5, 0.6) is 0 Å². The summed E-state index contributed by atoms with van der Waals surface area (Å²) in [5.41, 5.74) is 3.45. The van der Waals surface area contributed by atoms with Gasteiger partial charge >= 0.3 is 6.03 Å². The zero-order valence-electron chi connectivity index (χ0n) is 13.5. The van der Waals surface area contributed by atoms with E-state index in [0.717, 1.165) is 16.8 Å². The molecule has 1 aromatic heterocycles. The van der Waals surface area contributed by atoms with Crippen molar-refractivity contribution >= 4 is 11.7 Å². The summed E-state index contributed by atoms with van der Waals surface area (Å²) >= 11 is 0. The second kappa shape index (κ2) is 6.41. The van der Waals surface area contributed by atoms with Crippen molar-refractivity contribution in [1.82, 2.24) is 15.1 Å². The smallest absolute Gasteiger partial charge is 0.319 e. The molecule has 0 radical (unpaired) electrons. The lowest BCUT2D eigenvalue weighted by Gasteiger charge is -2.19. The maximum atomic E-state index is 12.5. The van der Waals surface area contributed by atoms with Gasteiger partial charge in [-0.1, -0.05) is 36.4 Å². The van der Waals surface area contributed by atoms with Crippen molar-refractivity contribution in [3.8, 4) is 5.69 Å². The van der Waals surface area contributed by atoms with E-state index >= 15 is 0 Å². The number of hydrogen-bond donors (Lipinski definition) is 3. The number of para-hydroxylation sites is 2. The molecule has 4 rings (SSSR count). The topological polar surface area (TPSA) is 79.2 Å². The van der Waals surface area contributed by atoms with Gasteiger partial charge in [0.25, 0.3) is 0 Å². The summed E-state index contributed by atoms with van der Waals surface area (Å²) in [7, 11) is 0. The number of amides is 2. The molecule has 6 heteroatoms. The van der Waals surface area contributed by atoms with Crippen LogP contribution >= 0.6 is 0 Å². The van der Waals surface area contributed by atoms with Crippen molar-refractivity contribution in [3.63, 3.8) is 0 Å². The minimum absolute atomic E-state index is 0.361. The van der Waals surface area contributed by atoms with E-state index in [1.165, 1.54) is 0 Å². The lowest BCUT2D eigenvalue weighted by atomic mass is 10.1. The van der Waals surface area contributed by atoms with Crippen LogP contribution in [0.3, 0.4) is 0 Å². The first-order valence-electron chi connectivity index (χ1n) is 8.15. The quantitative estimate of drug-likeness (QED) is 0.689. The Labute approximate surface area is 145 Å². The first-order chi connectivity index (χ1) is 12.2. The SMILES string of the molecule is O=C(Nc1ccccc1-n1cccn1)N[C@H]1c2ccccc2C[C@H]1O. The third-order valence-electron chi connectivity index (χ3n) is 4.39. The van der Waals surface area contributed by atoms with Gasteiger partial charge in [0.15, 0.2) is 0 Å². The van der Waals surface area contributed by atoms with E-state index in [-0.39, 0.29) is 6.03 Å². The highest BCUT2D eigenvalue weighted by Crippen LogP contribution is 2.31. The molecule has 3 aromatic rings. The van der Waals surface area contributed by atoms with E-state index in [1.807, 2.05) is 60.8 Å². The van der Waals surface area contributed by atoms with E-state index in [1.54, 1.807) is 10.9 Å². The molecule has 25 heavy (non-hydrogen) atoms. The number of aliphatic hydroxyl groups is 1. The molecule has 1 aliphatic carbocycles. The average Bonchev–Trinajstić information content (AvgIpc) is 3.24. The van der Waals surface area contributed by atoms with Crippen LogP contribution in [0.2, 0.25) is 0 Å². The normalized spacial score (nSPS) is 18.6. The Morgan fingerprint density at radius 2 is 1.92 bits per heavy atom. The molecule has 0 spiro atoms. The molecule has 0 bridgehead atoms. The van der Waals surface area contributed by atoms with Gasteiger partial charge in [-0.2, -0.15) is 5.10 Å². The first-order valence-corrected chi connectivity index (χ1v) is 8.15. The highest BCUT2D eigenvalue weighted by molar-refractivity contribution is 5.91. The summed E-state index contributed by atoms with van der Waals surface area (Å²) < 4.78 is 1.69. The summed E-state index contributed by atoms with van der Waals surface area (Å²) in [6, 6.07) is 16.2. The van der Waals surface area contributed by atoms with Crippen molar-refractivity contribution in [3.05, 3.63) is 78.1 Å². The van der Waals surface area contributed by atoms with Crippen molar-refractivity contribution < 1.29 is 9.90 Å². The monoisotopic (exact) mass is 334 g/mol. The number of aromatic nitrogens is 2. The maximum Gasteiger partial charge on any atom is 0.319 e. The molecule has 2 amide bonds. The second-order valence-electron chi connectivity index (χ2n) is 6.01. The highest BCUT2D eigenvalue weighted by atomic mass is 16.3. The molecule has 3 N–H and O–H groups in total. The van der Waals surface area contributed by atoms with Crippen LogP contribution in [0.4, 0.5) is 10.5 Å². The molecular formula is C19H18N4O2. The molecule has 2 aromatic carbocycles. The summed E-state index contributed by atoms with van der Waals surface area (Å²) in [5, 5.41) is 20.2. The van der Waals surface area contributed by atoms with Crippen LogP contribution in [-0.2, 0) is 6.42 Å². The maximum absolute atomic E-state index is 12.5. The number of urea groups is 1. The average molecular weight is 334 g/mol. The van der Waals surface area contributed by atoms with Crippen LogP contribution in [-0.4, -0.2) is 27.0 Å². The van der Waals surface area contributed by atoms with Gasteiger partial charge in [-0.05, 0) is 29.3 Å². The molecule has 0 aliphatic heterocycles. The highest BCUT2D eigenvalue weighted by Gasteiger charge is 2.31. The van der Waals surface area contributed by atoms with Crippen molar-refractivity contribution in [1.29, 1.82) is 0 Å². The molecule has 1 heterocycles. The fraction of sp³-hybridized carbons (Fsp3) is 0.158. The Morgan fingerprint density at radius 3 is 2.76 bits per heavy atom. The molecule has 6 nitrogen and oxygen atoms in total. The summed E-state index contributed by atoms with van der Waals surface area (Å²) in [5.74, 6) is 0.